The van der Waals surface area contributed by atoms with Crippen LogP contribution in [-0.4, -0.2) is 14.7 Å². The number of hydrogen-bond acceptors (Lipinski definition) is 2. The minimum absolute atomic E-state index is 0.252. The van der Waals surface area contributed by atoms with E-state index in [1.807, 2.05) is 35.0 Å². The van der Waals surface area contributed by atoms with Crippen LogP contribution in [0.4, 0.5) is 0 Å². The van der Waals surface area contributed by atoms with Gasteiger partial charge in [-0.2, -0.15) is 0 Å². The maximum absolute atomic E-state index is 9.33. The molecule has 3 nitrogen and oxygen atoms in total. The molecule has 21 heavy (non-hydrogen) atoms. The van der Waals surface area contributed by atoms with Crippen LogP contribution in [0.5, 0.6) is 5.75 Å². The maximum atomic E-state index is 9.33. The van der Waals surface area contributed by atoms with Crippen LogP contribution in [-0.2, 0) is 6.54 Å². The first kappa shape index (κ1) is 14.0. The van der Waals surface area contributed by atoms with Gasteiger partial charge in [0.05, 0.1) is 10.0 Å². The molecule has 0 unspecified atom stereocenters. The Morgan fingerprint density at radius 3 is 2.57 bits per heavy atom. The molecule has 5 heteroatoms. The van der Waals surface area contributed by atoms with Crippen LogP contribution in [0.3, 0.4) is 0 Å². The Hall–Kier alpha value is -1.97. The summed E-state index contributed by atoms with van der Waals surface area (Å²) in [5, 5.41) is 10.3. The fraction of sp³-hybridized carbons (Fsp3) is 0.0625. The Morgan fingerprint density at radius 1 is 1.05 bits per heavy atom. The molecule has 1 N–H and O–H groups in total. The second-order valence-corrected chi connectivity index (χ2v) is 5.43. The summed E-state index contributed by atoms with van der Waals surface area (Å²) in [5.74, 6) is 1.01. The summed E-state index contributed by atoms with van der Waals surface area (Å²) < 4.78 is 1.99. The fourth-order valence-corrected chi connectivity index (χ4v) is 2.54. The van der Waals surface area contributed by atoms with Crippen molar-refractivity contribution >= 4 is 23.2 Å². The van der Waals surface area contributed by atoms with E-state index in [0.717, 1.165) is 17.0 Å². The lowest BCUT2D eigenvalue weighted by Gasteiger charge is -2.10. The lowest BCUT2D eigenvalue weighted by atomic mass is 10.2. The number of phenols is 1. The monoisotopic (exact) mass is 318 g/mol. The molecule has 0 aliphatic carbocycles. The Balaban J connectivity index is 1.97. The number of hydrogen-bond donors (Lipinski definition) is 1. The van der Waals surface area contributed by atoms with Crippen molar-refractivity contribution in [1.82, 2.24) is 9.55 Å². The van der Waals surface area contributed by atoms with Gasteiger partial charge < -0.3 is 9.67 Å². The highest BCUT2D eigenvalue weighted by atomic mass is 35.5. The van der Waals surface area contributed by atoms with Crippen molar-refractivity contribution in [1.29, 1.82) is 0 Å². The molecule has 0 aliphatic rings. The van der Waals surface area contributed by atoms with Gasteiger partial charge in [0.1, 0.15) is 11.6 Å². The van der Waals surface area contributed by atoms with Gasteiger partial charge in [-0.15, -0.1) is 0 Å². The van der Waals surface area contributed by atoms with Crippen LogP contribution in [0.1, 0.15) is 5.56 Å². The fourth-order valence-electron chi connectivity index (χ4n) is 2.16. The van der Waals surface area contributed by atoms with E-state index in [1.54, 1.807) is 24.4 Å². The molecule has 2 aromatic carbocycles. The van der Waals surface area contributed by atoms with Crippen LogP contribution in [0.25, 0.3) is 11.4 Å². The molecule has 0 saturated carbocycles. The lowest BCUT2D eigenvalue weighted by molar-refractivity contribution is 0.475. The second-order valence-electron chi connectivity index (χ2n) is 4.65. The van der Waals surface area contributed by atoms with Crippen molar-refractivity contribution in [3.8, 4) is 17.1 Å². The molecule has 0 saturated heterocycles. The molecule has 0 radical (unpaired) electrons. The van der Waals surface area contributed by atoms with Gasteiger partial charge in [0.2, 0.25) is 0 Å². The quantitative estimate of drug-likeness (QED) is 0.765. The number of rotatable bonds is 3. The first-order valence-electron chi connectivity index (χ1n) is 6.38. The van der Waals surface area contributed by atoms with Gasteiger partial charge in [0.15, 0.2) is 0 Å². The number of phenolic OH excluding ortho intramolecular Hbond substituents is 1. The number of nitrogens with zero attached hydrogens (tertiary/aromatic N) is 2. The van der Waals surface area contributed by atoms with Gasteiger partial charge in [0.25, 0.3) is 0 Å². The molecular formula is C16H12Cl2N2O. The van der Waals surface area contributed by atoms with Crippen molar-refractivity contribution in [2.75, 3.05) is 0 Å². The number of aromatic nitrogens is 2. The van der Waals surface area contributed by atoms with E-state index in [4.69, 9.17) is 23.2 Å². The first-order valence-corrected chi connectivity index (χ1v) is 7.14. The first-order chi connectivity index (χ1) is 10.1. The van der Waals surface area contributed by atoms with Crippen molar-refractivity contribution in [2.45, 2.75) is 6.54 Å². The van der Waals surface area contributed by atoms with E-state index in [9.17, 15) is 5.11 Å². The molecule has 0 bridgehead atoms. The number of imidazole rings is 1. The molecule has 0 fully saturated rings. The average Bonchev–Trinajstić information content (AvgIpc) is 2.92. The molecule has 0 spiro atoms. The molecule has 1 aromatic heterocycles. The van der Waals surface area contributed by atoms with Gasteiger partial charge in [0, 0.05) is 24.5 Å². The average molecular weight is 319 g/mol. The highest BCUT2D eigenvalue weighted by Gasteiger charge is 2.12. The zero-order valence-electron chi connectivity index (χ0n) is 11.0. The SMILES string of the molecule is Oc1ccc(Cn2ccnc2-c2cccc(Cl)c2Cl)cc1. The van der Waals surface area contributed by atoms with E-state index in [2.05, 4.69) is 4.98 Å². The van der Waals surface area contributed by atoms with Crippen molar-refractivity contribution in [3.05, 3.63) is 70.5 Å². The van der Waals surface area contributed by atoms with Crippen molar-refractivity contribution in [3.63, 3.8) is 0 Å². The normalized spacial score (nSPS) is 10.8. The number of aromatic hydroxyl groups is 1. The molecule has 0 amide bonds. The lowest BCUT2D eigenvalue weighted by Crippen LogP contribution is -2.01. The Labute approximate surface area is 132 Å². The standard InChI is InChI=1S/C16H12Cl2N2O/c17-14-3-1-2-13(15(14)18)16-19-8-9-20(16)10-11-4-6-12(21)7-5-11/h1-9,21H,10H2. The van der Waals surface area contributed by atoms with E-state index in [0.29, 0.717) is 16.6 Å². The minimum Gasteiger partial charge on any atom is -0.508 e. The smallest absolute Gasteiger partial charge is 0.141 e. The third-order valence-corrected chi connectivity index (χ3v) is 4.02. The van der Waals surface area contributed by atoms with Crippen LogP contribution in [0, 0.1) is 0 Å². The van der Waals surface area contributed by atoms with Crippen LogP contribution >= 0.6 is 23.2 Å². The molecule has 3 rings (SSSR count). The van der Waals surface area contributed by atoms with Gasteiger partial charge in [-0.3, -0.25) is 0 Å². The topological polar surface area (TPSA) is 38.0 Å². The summed E-state index contributed by atoms with van der Waals surface area (Å²) in [4.78, 5) is 4.37. The Bertz CT molecular complexity index is 766. The van der Waals surface area contributed by atoms with Crippen molar-refractivity contribution < 1.29 is 5.11 Å². The summed E-state index contributed by atoms with van der Waals surface area (Å²) >= 11 is 12.3. The summed E-state index contributed by atoms with van der Waals surface area (Å²) in [6, 6.07) is 12.6. The molecule has 1 heterocycles. The number of halogens is 2. The van der Waals surface area contributed by atoms with Gasteiger partial charge in [-0.1, -0.05) is 41.4 Å². The second kappa shape index (κ2) is 5.80. The van der Waals surface area contributed by atoms with Gasteiger partial charge >= 0.3 is 0 Å². The zero-order valence-corrected chi connectivity index (χ0v) is 12.5. The Morgan fingerprint density at radius 2 is 1.81 bits per heavy atom. The molecule has 3 aromatic rings. The molecule has 106 valence electrons. The third-order valence-electron chi connectivity index (χ3n) is 3.20. The third kappa shape index (κ3) is 2.89. The summed E-state index contributed by atoms with van der Waals surface area (Å²) in [6.07, 6.45) is 3.62. The highest BCUT2D eigenvalue weighted by Crippen LogP contribution is 2.32. The van der Waals surface area contributed by atoms with E-state index in [-0.39, 0.29) is 5.75 Å². The summed E-state index contributed by atoms with van der Waals surface area (Å²) in [5.41, 5.74) is 1.86. The van der Waals surface area contributed by atoms with E-state index < -0.39 is 0 Å². The highest BCUT2D eigenvalue weighted by molar-refractivity contribution is 6.43. The van der Waals surface area contributed by atoms with Crippen molar-refractivity contribution in [2.24, 2.45) is 0 Å². The van der Waals surface area contributed by atoms with Gasteiger partial charge in [-0.25, -0.2) is 4.98 Å². The molecule has 0 aliphatic heterocycles. The van der Waals surface area contributed by atoms with Crippen LogP contribution in [0.15, 0.2) is 54.9 Å². The van der Waals surface area contributed by atoms with Crippen LogP contribution in [0.2, 0.25) is 10.0 Å². The predicted octanol–water partition coefficient (Wildman–Crippen LogP) is 4.61. The summed E-state index contributed by atoms with van der Waals surface area (Å²) in [7, 11) is 0. The predicted molar refractivity (Wildman–Crippen MR) is 84.9 cm³/mol. The van der Waals surface area contributed by atoms with Crippen LogP contribution < -0.4 is 0 Å². The number of benzene rings is 2. The maximum Gasteiger partial charge on any atom is 0.141 e. The summed E-state index contributed by atoms with van der Waals surface area (Å²) in [6.45, 7) is 0.637. The van der Waals surface area contributed by atoms with E-state index >= 15 is 0 Å². The zero-order chi connectivity index (χ0) is 14.8. The minimum atomic E-state index is 0.252. The Kier molecular flexibility index (Phi) is 3.86. The molecule has 0 atom stereocenters. The largest absolute Gasteiger partial charge is 0.508 e. The van der Waals surface area contributed by atoms with Gasteiger partial charge in [-0.05, 0) is 29.8 Å². The molecular weight excluding hydrogens is 307 g/mol. The van der Waals surface area contributed by atoms with E-state index in [1.165, 1.54) is 0 Å².